The van der Waals surface area contributed by atoms with Crippen molar-refractivity contribution in [2.75, 3.05) is 12.9 Å². The van der Waals surface area contributed by atoms with Crippen molar-refractivity contribution in [1.82, 2.24) is 0 Å². The van der Waals surface area contributed by atoms with Crippen molar-refractivity contribution in [1.29, 1.82) is 0 Å². The third-order valence-electron chi connectivity index (χ3n) is 3.02. The Balaban J connectivity index is 5.08. The topological polar surface area (TPSA) is 36.9 Å². The number of hydrogen-bond acceptors (Lipinski definition) is 4. The lowest BCUT2D eigenvalue weighted by molar-refractivity contribution is 0.276. The van der Waals surface area contributed by atoms with Gasteiger partial charge in [0.2, 0.25) is 29.3 Å². The molecule has 0 bridgehead atoms. The molecule has 4 nitrogen and oxygen atoms in total. The van der Waals surface area contributed by atoms with E-state index in [1.807, 2.05) is 19.6 Å². The highest BCUT2D eigenvalue weighted by atomic mass is 31.1. The zero-order valence-corrected chi connectivity index (χ0v) is 18.9. The fraction of sp³-hybridized carbons (Fsp3) is 1.00. The van der Waals surface area contributed by atoms with Crippen molar-refractivity contribution in [2.45, 2.75) is 44.8 Å². The molecule has 0 heterocycles. The van der Waals surface area contributed by atoms with Gasteiger partial charge in [-0.1, -0.05) is 20.0 Å². The van der Waals surface area contributed by atoms with E-state index >= 15 is 0 Å². The summed E-state index contributed by atoms with van der Waals surface area (Å²) in [4.78, 5) is 0. The van der Waals surface area contributed by atoms with E-state index in [-0.39, 0.29) is 0 Å². The minimum atomic E-state index is -2.56. The Hall–Kier alpha value is 1.35. The highest BCUT2D eigenvalue weighted by Crippen LogP contribution is 2.34. The Labute approximate surface area is 129 Å². The maximum absolute atomic E-state index is 6.06. The van der Waals surface area contributed by atoms with E-state index in [0.29, 0.717) is 43.3 Å². The van der Waals surface area contributed by atoms with Crippen LogP contribution in [0.4, 0.5) is 0 Å². The average molecular weight is 369 g/mol. The number of hydrogen-bond donors (Lipinski definition) is 0. The Morgan fingerprint density at radius 1 is 1.00 bits per heavy atom. The molecule has 0 aromatic rings. The second kappa shape index (κ2) is 10.1. The highest BCUT2D eigenvalue weighted by molar-refractivity contribution is 7.31. The summed E-state index contributed by atoms with van der Waals surface area (Å²) in [6.45, 7) is 15.1. The van der Waals surface area contributed by atoms with Crippen LogP contribution in [0.5, 0.6) is 0 Å². The van der Waals surface area contributed by atoms with Crippen molar-refractivity contribution in [3.63, 3.8) is 0 Å². The molecule has 0 rings (SSSR count). The van der Waals surface area contributed by atoms with E-state index in [1.165, 1.54) is 0 Å². The molecule has 0 aliphatic heterocycles. The Bertz CT molecular complexity index is 230. The summed E-state index contributed by atoms with van der Waals surface area (Å²) in [6, 6.07) is 0. The molecule has 6 radical (unpaired) electrons. The van der Waals surface area contributed by atoms with E-state index in [1.54, 1.807) is 0 Å². The zero-order valence-electron chi connectivity index (χ0n) is 12.9. The Morgan fingerprint density at radius 3 is 1.74 bits per heavy atom. The van der Waals surface area contributed by atoms with Crippen molar-refractivity contribution in [3.05, 3.63) is 0 Å². The van der Waals surface area contributed by atoms with E-state index in [2.05, 4.69) is 26.7 Å². The van der Waals surface area contributed by atoms with Crippen molar-refractivity contribution in [3.8, 4) is 0 Å². The Morgan fingerprint density at radius 2 is 1.42 bits per heavy atom. The van der Waals surface area contributed by atoms with Gasteiger partial charge in [-0.25, -0.2) is 0 Å². The predicted octanol–water partition coefficient (Wildman–Crippen LogP) is 2.39. The highest BCUT2D eigenvalue weighted by Gasteiger charge is 2.52. The molecule has 0 aliphatic carbocycles. The molecule has 2 atom stereocenters. The molecular formula is C9H25O4PSi5. The van der Waals surface area contributed by atoms with Gasteiger partial charge in [-0.2, -0.15) is 0 Å². The van der Waals surface area contributed by atoms with Gasteiger partial charge in [-0.15, -0.1) is 0 Å². The predicted molar refractivity (Wildman–Crippen MR) is 91.0 cm³/mol. The normalized spacial score (nSPS) is 15.3. The first-order chi connectivity index (χ1) is 8.90. The van der Waals surface area contributed by atoms with Crippen LogP contribution in [0.2, 0.25) is 37.9 Å². The summed E-state index contributed by atoms with van der Waals surface area (Å²) >= 11 is 0. The van der Waals surface area contributed by atoms with Crippen LogP contribution in [-0.4, -0.2) is 59.1 Å². The van der Waals surface area contributed by atoms with Crippen LogP contribution in [-0.2, 0) is 16.9 Å². The smallest absolute Gasteiger partial charge is 0.416 e. The standard InChI is InChI=1S/C9H25O4PSi5/c1-9(18(6,7)8-10-14-2)19(11-15-3,12-16-4)13-17-5/h9,14H,8H2,1-7H3. The molecule has 0 aliphatic rings. The first-order valence-corrected chi connectivity index (χ1v) is 16.9. The second-order valence-corrected chi connectivity index (χ2v) is 16.9. The maximum Gasteiger partial charge on any atom is 0.469 e. The van der Waals surface area contributed by atoms with Gasteiger partial charge in [-0.3, -0.25) is 0 Å². The zero-order chi connectivity index (χ0) is 14.9. The van der Waals surface area contributed by atoms with Crippen LogP contribution in [0.15, 0.2) is 0 Å². The average Bonchev–Trinajstić information content (AvgIpc) is 2.36. The van der Waals surface area contributed by atoms with Crippen LogP contribution in [0.1, 0.15) is 6.92 Å². The maximum atomic E-state index is 6.06. The quantitative estimate of drug-likeness (QED) is 0.414. The minimum Gasteiger partial charge on any atom is -0.416 e. The lowest BCUT2D eigenvalue weighted by Crippen LogP contribution is -2.59. The molecule has 0 spiro atoms. The van der Waals surface area contributed by atoms with Gasteiger partial charge in [-0.05, 0) is 26.3 Å². The summed E-state index contributed by atoms with van der Waals surface area (Å²) < 4.78 is 23.9. The van der Waals surface area contributed by atoms with Gasteiger partial charge in [0.15, 0.2) is 0 Å². The van der Waals surface area contributed by atoms with Crippen molar-refractivity contribution in [2.24, 2.45) is 0 Å². The molecule has 110 valence electrons. The summed E-state index contributed by atoms with van der Waals surface area (Å²) in [5.74, 6) is 0. The van der Waals surface area contributed by atoms with E-state index in [0.717, 1.165) is 6.23 Å². The molecule has 2 unspecified atom stereocenters. The molecule has 0 fully saturated rings. The molecular weight excluding hydrogens is 343 g/mol. The van der Waals surface area contributed by atoms with E-state index < -0.39 is 16.9 Å². The summed E-state index contributed by atoms with van der Waals surface area (Å²) in [5, 5.41) is 0.351. The van der Waals surface area contributed by atoms with Gasteiger partial charge in [0, 0.05) is 20.2 Å². The third kappa shape index (κ3) is 6.33. The molecule has 0 aromatic carbocycles. The first-order valence-electron chi connectivity index (χ1n) is 6.23. The van der Waals surface area contributed by atoms with Crippen LogP contribution in [0, 0.1) is 0 Å². The Kier molecular flexibility index (Phi) is 10.9. The lowest BCUT2D eigenvalue weighted by atomic mass is 10.9. The van der Waals surface area contributed by atoms with Gasteiger partial charge in [0.05, 0.1) is 8.07 Å². The van der Waals surface area contributed by atoms with Gasteiger partial charge in [0.1, 0.15) is 0 Å². The van der Waals surface area contributed by atoms with Crippen LogP contribution in [0.3, 0.4) is 0 Å². The first kappa shape index (κ1) is 20.4. The molecule has 0 amide bonds. The fourth-order valence-electron chi connectivity index (χ4n) is 1.62. The molecule has 0 N–H and O–H groups in total. The summed E-state index contributed by atoms with van der Waals surface area (Å²) in [6.07, 6.45) is 0.848. The monoisotopic (exact) mass is 368 g/mol. The summed E-state index contributed by atoms with van der Waals surface area (Å²) in [7, 11) is -2.39. The van der Waals surface area contributed by atoms with E-state index in [4.69, 9.17) is 16.9 Å². The van der Waals surface area contributed by atoms with Crippen LogP contribution in [0.25, 0.3) is 0 Å². The lowest BCUT2D eigenvalue weighted by Gasteiger charge is -2.41. The fourth-order valence-corrected chi connectivity index (χ4v) is 16.8. The third-order valence-corrected chi connectivity index (χ3v) is 17.3. The number of rotatable bonds is 11. The van der Waals surface area contributed by atoms with Crippen LogP contribution >= 0.6 is 8.81 Å². The van der Waals surface area contributed by atoms with Crippen molar-refractivity contribution >= 4 is 55.0 Å². The minimum absolute atomic E-state index is 0.351. The van der Waals surface area contributed by atoms with Gasteiger partial charge < -0.3 is 16.9 Å². The van der Waals surface area contributed by atoms with E-state index in [9.17, 15) is 0 Å². The molecule has 0 saturated heterocycles. The SMILES string of the molecule is C[Si]O[Si](O[Si]C)(O[Si]C)C(C)[Si](C)(C)COPC. The van der Waals surface area contributed by atoms with Gasteiger partial charge >= 0.3 is 8.80 Å². The largest absolute Gasteiger partial charge is 0.469 e. The van der Waals surface area contributed by atoms with Crippen molar-refractivity contribution < 1.29 is 16.9 Å². The molecule has 10 heteroatoms. The molecule has 19 heavy (non-hydrogen) atoms. The summed E-state index contributed by atoms with van der Waals surface area (Å²) in [5.41, 5.74) is 0. The molecule has 0 aromatic heterocycles. The van der Waals surface area contributed by atoms with Gasteiger partial charge in [0.25, 0.3) is 0 Å². The molecule has 0 saturated carbocycles. The second-order valence-electron chi connectivity index (χ2n) is 4.73. The van der Waals surface area contributed by atoms with Crippen LogP contribution < -0.4 is 0 Å².